The van der Waals surface area contributed by atoms with Gasteiger partial charge in [-0.1, -0.05) is 29.3 Å². The molecule has 3 rings (SSSR count). The fourth-order valence-electron chi connectivity index (χ4n) is 2.99. The lowest BCUT2D eigenvalue weighted by atomic mass is 10.1. The van der Waals surface area contributed by atoms with Crippen molar-refractivity contribution in [3.05, 3.63) is 62.7 Å². The monoisotopic (exact) mass is 404 g/mol. The number of hydrogen-bond donors (Lipinski definition) is 2. The van der Waals surface area contributed by atoms with E-state index in [9.17, 15) is 14.0 Å². The maximum atomic E-state index is 13.3. The van der Waals surface area contributed by atoms with Crippen molar-refractivity contribution in [2.45, 2.75) is 20.8 Å². The number of halogens is 2. The average Bonchev–Trinajstić information content (AvgIpc) is 2.92. The zero-order valence-electron chi connectivity index (χ0n) is 15.1. The van der Waals surface area contributed by atoms with Crippen LogP contribution >= 0.6 is 22.9 Å². The molecule has 2 aromatic carbocycles. The van der Waals surface area contributed by atoms with Gasteiger partial charge in [-0.05, 0) is 50.1 Å². The molecule has 0 atom stereocenters. The lowest BCUT2D eigenvalue weighted by Crippen LogP contribution is -2.32. The number of amides is 2. The summed E-state index contributed by atoms with van der Waals surface area (Å²) in [4.78, 5) is 24.9. The number of fused-ring (bicyclic) bond motifs is 1. The number of anilines is 1. The highest BCUT2D eigenvalue weighted by atomic mass is 35.5. The van der Waals surface area contributed by atoms with Crippen LogP contribution in [0, 0.1) is 26.6 Å². The van der Waals surface area contributed by atoms with Crippen LogP contribution in [0.1, 0.15) is 26.4 Å². The number of nitrogens with one attached hydrogen (secondary N) is 2. The van der Waals surface area contributed by atoms with Crippen LogP contribution in [-0.4, -0.2) is 18.4 Å². The molecular formula is C20H18ClFN2O2S. The van der Waals surface area contributed by atoms with Gasteiger partial charge in [0, 0.05) is 15.8 Å². The Hall–Kier alpha value is -2.44. The molecule has 2 amide bonds. The summed E-state index contributed by atoms with van der Waals surface area (Å²) in [6.07, 6.45) is 0. The normalized spacial score (nSPS) is 10.9. The fraction of sp³-hybridized carbons (Fsp3) is 0.200. The van der Waals surface area contributed by atoms with Gasteiger partial charge in [0.15, 0.2) is 0 Å². The maximum Gasteiger partial charge on any atom is 0.263 e. The molecule has 0 radical (unpaired) electrons. The molecule has 0 aliphatic heterocycles. The molecule has 0 unspecified atom stereocenters. The number of thiophene rings is 1. The number of carbonyl (C=O) groups is 2. The molecule has 0 spiro atoms. The smallest absolute Gasteiger partial charge is 0.263 e. The second-order valence-corrected chi connectivity index (χ2v) is 7.82. The SMILES string of the molecule is Cc1cc(C)c(NC(=O)CNC(=O)c2sc3cc(F)ccc3c2Cl)c(C)c1. The molecule has 7 heteroatoms. The molecular weight excluding hydrogens is 387 g/mol. The molecule has 3 aromatic rings. The first-order valence-corrected chi connectivity index (χ1v) is 9.49. The van der Waals surface area contributed by atoms with Crippen molar-refractivity contribution in [1.29, 1.82) is 0 Å². The Bertz CT molecular complexity index is 1040. The lowest BCUT2D eigenvalue weighted by Gasteiger charge is -2.13. The summed E-state index contributed by atoms with van der Waals surface area (Å²) >= 11 is 7.32. The van der Waals surface area contributed by atoms with Gasteiger partial charge in [-0.2, -0.15) is 0 Å². The molecule has 0 bridgehead atoms. The van der Waals surface area contributed by atoms with Gasteiger partial charge in [-0.25, -0.2) is 4.39 Å². The predicted molar refractivity (Wildman–Crippen MR) is 108 cm³/mol. The van der Waals surface area contributed by atoms with Gasteiger partial charge in [-0.15, -0.1) is 11.3 Å². The quantitative estimate of drug-likeness (QED) is 0.643. The van der Waals surface area contributed by atoms with E-state index in [2.05, 4.69) is 10.6 Å². The molecule has 0 aliphatic rings. The summed E-state index contributed by atoms with van der Waals surface area (Å²) in [5, 5.41) is 6.27. The Kier molecular flexibility index (Phi) is 5.48. The molecule has 4 nitrogen and oxygen atoms in total. The zero-order valence-corrected chi connectivity index (χ0v) is 16.6. The second kappa shape index (κ2) is 7.66. The number of benzene rings is 2. The molecule has 0 fully saturated rings. The van der Waals surface area contributed by atoms with Crippen molar-refractivity contribution in [2.75, 3.05) is 11.9 Å². The summed E-state index contributed by atoms with van der Waals surface area (Å²) in [5.41, 5.74) is 3.78. The van der Waals surface area contributed by atoms with Crippen molar-refractivity contribution in [3.63, 3.8) is 0 Å². The van der Waals surface area contributed by atoms with Crippen LogP contribution in [-0.2, 0) is 4.79 Å². The third-order valence-electron chi connectivity index (χ3n) is 4.15. The molecule has 2 N–H and O–H groups in total. The largest absolute Gasteiger partial charge is 0.342 e. The Labute approximate surface area is 165 Å². The first kappa shape index (κ1) is 19.3. The van der Waals surface area contributed by atoms with Crippen molar-refractivity contribution < 1.29 is 14.0 Å². The third kappa shape index (κ3) is 4.12. The minimum Gasteiger partial charge on any atom is -0.342 e. The van der Waals surface area contributed by atoms with E-state index in [0.29, 0.717) is 10.1 Å². The van der Waals surface area contributed by atoms with Gasteiger partial charge in [0.1, 0.15) is 10.7 Å². The molecule has 27 heavy (non-hydrogen) atoms. The summed E-state index contributed by atoms with van der Waals surface area (Å²) in [6.45, 7) is 5.64. The van der Waals surface area contributed by atoms with Crippen molar-refractivity contribution in [3.8, 4) is 0 Å². The van der Waals surface area contributed by atoms with Crippen LogP contribution < -0.4 is 10.6 Å². The highest BCUT2D eigenvalue weighted by molar-refractivity contribution is 7.21. The van der Waals surface area contributed by atoms with Crippen LogP contribution in [0.2, 0.25) is 5.02 Å². The van der Waals surface area contributed by atoms with E-state index < -0.39 is 11.7 Å². The maximum absolute atomic E-state index is 13.3. The topological polar surface area (TPSA) is 58.2 Å². The van der Waals surface area contributed by atoms with Crippen LogP contribution in [0.15, 0.2) is 30.3 Å². The molecule has 0 saturated heterocycles. The second-order valence-electron chi connectivity index (χ2n) is 6.39. The summed E-state index contributed by atoms with van der Waals surface area (Å²) in [7, 11) is 0. The highest BCUT2D eigenvalue weighted by Gasteiger charge is 2.18. The number of rotatable bonds is 4. The lowest BCUT2D eigenvalue weighted by molar-refractivity contribution is -0.115. The number of hydrogen-bond acceptors (Lipinski definition) is 3. The van der Waals surface area contributed by atoms with Crippen LogP contribution in [0.25, 0.3) is 10.1 Å². The van der Waals surface area contributed by atoms with Crippen LogP contribution in [0.4, 0.5) is 10.1 Å². The summed E-state index contributed by atoms with van der Waals surface area (Å²) in [6, 6.07) is 8.13. The summed E-state index contributed by atoms with van der Waals surface area (Å²) in [5.74, 6) is -1.19. The van der Waals surface area contributed by atoms with Crippen LogP contribution in [0.3, 0.4) is 0 Å². The molecule has 1 aromatic heterocycles. The van der Waals surface area contributed by atoms with Gasteiger partial charge in [-0.3, -0.25) is 9.59 Å². The Balaban J connectivity index is 1.69. The molecule has 1 heterocycles. The van der Waals surface area contributed by atoms with Crippen molar-refractivity contribution in [2.24, 2.45) is 0 Å². The van der Waals surface area contributed by atoms with E-state index in [1.54, 1.807) is 0 Å². The molecule has 140 valence electrons. The predicted octanol–water partition coefficient (Wildman–Crippen LogP) is 4.99. The number of carbonyl (C=O) groups excluding carboxylic acids is 2. The minimum absolute atomic E-state index is 0.190. The third-order valence-corrected chi connectivity index (χ3v) is 5.80. The van der Waals surface area contributed by atoms with Gasteiger partial charge >= 0.3 is 0 Å². The van der Waals surface area contributed by atoms with Gasteiger partial charge in [0.05, 0.1) is 11.6 Å². The van der Waals surface area contributed by atoms with Crippen molar-refractivity contribution >= 4 is 50.5 Å². The molecule has 0 aliphatic carbocycles. The van der Waals surface area contributed by atoms with E-state index in [1.807, 2.05) is 32.9 Å². The Morgan fingerprint density at radius 1 is 1.11 bits per heavy atom. The van der Waals surface area contributed by atoms with E-state index in [-0.39, 0.29) is 22.4 Å². The summed E-state index contributed by atoms with van der Waals surface area (Å²) < 4.78 is 13.9. The first-order chi connectivity index (χ1) is 12.8. The Morgan fingerprint density at radius 2 is 1.78 bits per heavy atom. The van der Waals surface area contributed by atoms with E-state index in [0.717, 1.165) is 33.7 Å². The van der Waals surface area contributed by atoms with E-state index in [1.165, 1.54) is 18.2 Å². The fourth-order valence-corrected chi connectivity index (χ4v) is 4.44. The number of aryl methyl sites for hydroxylation is 3. The molecule has 0 saturated carbocycles. The Morgan fingerprint density at radius 3 is 2.44 bits per heavy atom. The van der Waals surface area contributed by atoms with Crippen molar-refractivity contribution in [1.82, 2.24) is 5.32 Å². The zero-order chi connectivity index (χ0) is 19.7. The standard InChI is InChI=1S/C20H18ClFN2O2S/c1-10-6-11(2)18(12(3)7-10)24-16(25)9-23-20(26)19-17(21)14-5-4-13(22)8-15(14)27-19/h4-8H,9H2,1-3H3,(H,23,26)(H,24,25). The average molecular weight is 405 g/mol. The van der Waals surface area contributed by atoms with E-state index >= 15 is 0 Å². The van der Waals surface area contributed by atoms with Crippen LogP contribution in [0.5, 0.6) is 0 Å². The highest BCUT2D eigenvalue weighted by Crippen LogP contribution is 2.35. The van der Waals surface area contributed by atoms with Gasteiger partial charge in [0.2, 0.25) is 5.91 Å². The van der Waals surface area contributed by atoms with Gasteiger partial charge < -0.3 is 10.6 Å². The first-order valence-electron chi connectivity index (χ1n) is 8.29. The van der Waals surface area contributed by atoms with Gasteiger partial charge in [0.25, 0.3) is 5.91 Å². The van der Waals surface area contributed by atoms with E-state index in [4.69, 9.17) is 11.6 Å². The minimum atomic E-state index is -0.464.